The molecule has 1 N–H and O–H groups in total. The lowest BCUT2D eigenvalue weighted by Gasteiger charge is -2.43. The van der Waals surface area contributed by atoms with Crippen LogP contribution in [0.25, 0.3) is 0 Å². The minimum absolute atomic E-state index is 0.0313. The van der Waals surface area contributed by atoms with Gasteiger partial charge in [0.05, 0.1) is 5.92 Å². The number of amides is 1. The van der Waals surface area contributed by atoms with Crippen LogP contribution in [0, 0.1) is 23.1 Å². The van der Waals surface area contributed by atoms with Gasteiger partial charge in [0.1, 0.15) is 5.82 Å². The molecule has 28 heavy (non-hydrogen) atoms. The van der Waals surface area contributed by atoms with Gasteiger partial charge in [-0.1, -0.05) is 27.2 Å². The van der Waals surface area contributed by atoms with E-state index in [1.54, 1.807) is 0 Å². The van der Waals surface area contributed by atoms with E-state index in [0.717, 1.165) is 30.7 Å². The molecule has 1 aliphatic heterocycles. The average molecular weight is 400 g/mol. The standard InChI is InChI=1S/C20H24F4N2O2/c1-4-18(2,3)13-7-10-16-15(11-13)19(28,20(22,23)24)26(25-16)17(27)12-5-8-14(21)9-6-12/h5-6,8-9,13,15,28H,4,7,10-11H2,1-3H3/t13-,15-,19-/m1/s1. The van der Waals surface area contributed by atoms with Crippen LogP contribution in [0.4, 0.5) is 17.6 Å². The van der Waals surface area contributed by atoms with E-state index in [1.807, 2.05) is 20.8 Å². The van der Waals surface area contributed by atoms with E-state index in [1.165, 1.54) is 0 Å². The Bertz CT molecular complexity index is 788. The van der Waals surface area contributed by atoms with Gasteiger partial charge in [0.2, 0.25) is 0 Å². The number of alkyl halides is 3. The Morgan fingerprint density at radius 2 is 1.89 bits per heavy atom. The van der Waals surface area contributed by atoms with Crippen molar-refractivity contribution < 1.29 is 27.5 Å². The van der Waals surface area contributed by atoms with Crippen molar-refractivity contribution in [3.05, 3.63) is 35.6 Å². The Labute approximate surface area is 161 Å². The summed E-state index contributed by atoms with van der Waals surface area (Å²) in [5, 5.41) is 14.9. The van der Waals surface area contributed by atoms with Crippen LogP contribution in [0.2, 0.25) is 0 Å². The van der Waals surface area contributed by atoms with Gasteiger partial charge >= 0.3 is 6.18 Å². The van der Waals surface area contributed by atoms with Gasteiger partial charge in [0.15, 0.2) is 0 Å². The SMILES string of the molecule is CCC(C)(C)[C@@H]1CCC2=NN(C(=O)c3ccc(F)cc3)[C@](O)(C(F)(F)F)[C@@H]2C1. The van der Waals surface area contributed by atoms with Crippen LogP contribution < -0.4 is 0 Å². The molecule has 0 aromatic heterocycles. The van der Waals surface area contributed by atoms with E-state index < -0.39 is 29.5 Å². The number of rotatable bonds is 3. The smallest absolute Gasteiger partial charge is 0.362 e. The Hall–Kier alpha value is -1.96. The number of fused-ring (bicyclic) bond motifs is 1. The minimum Gasteiger partial charge on any atom is -0.362 e. The number of nitrogens with zero attached hydrogens (tertiary/aromatic N) is 2. The third kappa shape index (κ3) is 3.21. The van der Waals surface area contributed by atoms with Crippen molar-refractivity contribution in [2.24, 2.45) is 22.4 Å². The van der Waals surface area contributed by atoms with Crippen molar-refractivity contribution in [1.29, 1.82) is 0 Å². The van der Waals surface area contributed by atoms with Gasteiger partial charge in [-0.2, -0.15) is 23.3 Å². The number of carbonyl (C=O) groups excluding carboxylic acids is 1. The zero-order chi connectivity index (χ0) is 20.9. The lowest BCUT2D eigenvalue weighted by atomic mass is 9.64. The molecule has 1 aromatic rings. The quantitative estimate of drug-likeness (QED) is 0.745. The lowest BCUT2D eigenvalue weighted by molar-refractivity contribution is -0.314. The largest absolute Gasteiger partial charge is 0.439 e. The highest BCUT2D eigenvalue weighted by Crippen LogP contribution is 2.52. The second-order valence-corrected chi connectivity index (χ2v) is 8.31. The zero-order valence-corrected chi connectivity index (χ0v) is 16.1. The van der Waals surface area contributed by atoms with Crippen LogP contribution >= 0.6 is 0 Å². The fraction of sp³-hybridized carbons (Fsp3) is 0.600. The summed E-state index contributed by atoms with van der Waals surface area (Å²) in [6.45, 7) is 5.99. The molecule has 2 aliphatic rings. The first-order chi connectivity index (χ1) is 12.9. The molecule has 4 nitrogen and oxygen atoms in total. The van der Waals surface area contributed by atoms with Crippen molar-refractivity contribution >= 4 is 11.6 Å². The maximum Gasteiger partial charge on any atom is 0.439 e. The zero-order valence-electron chi connectivity index (χ0n) is 16.1. The summed E-state index contributed by atoms with van der Waals surface area (Å²) in [7, 11) is 0. The molecule has 3 rings (SSSR count). The van der Waals surface area contributed by atoms with Crippen molar-refractivity contribution in [2.75, 3.05) is 0 Å². The van der Waals surface area contributed by atoms with Crippen LogP contribution in [0.5, 0.6) is 0 Å². The van der Waals surface area contributed by atoms with Gasteiger partial charge in [0, 0.05) is 11.3 Å². The molecular formula is C20H24F4N2O2. The highest BCUT2D eigenvalue weighted by Gasteiger charge is 2.69. The highest BCUT2D eigenvalue weighted by atomic mass is 19.4. The Morgan fingerprint density at radius 1 is 1.29 bits per heavy atom. The van der Waals surface area contributed by atoms with Crippen molar-refractivity contribution in [2.45, 2.75) is 58.4 Å². The number of aliphatic hydroxyl groups is 1. The monoisotopic (exact) mass is 400 g/mol. The number of hydrogen-bond donors (Lipinski definition) is 1. The molecule has 0 bridgehead atoms. The number of carbonyl (C=O) groups is 1. The second kappa shape index (κ2) is 6.83. The van der Waals surface area contributed by atoms with E-state index in [-0.39, 0.29) is 34.0 Å². The molecule has 1 saturated carbocycles. The maximum absolute atomic E-state index is 14.0. The molecule has 3 atom stereocenters. The molecule has 1 fully saturated rings. The molecule has 0 saturated heterocycles. The van der Waals surface area contributed by atoms with E-state index in [2.05, 4.69) is 5.10 Å². The molecule has 1 heterocycles. The van der Waals surface area contributed by atoms with Crippen LogP contribution in [0.3, 0.4) is 0 Å². The number of hydrogen-bond acceptors (Lipinski definition) is 3. The van der Waals surface area contributed by atoms with Gasteiger partial charge in [0.25, 0.3) is 11.6 Å². The van der Waals surface area contributed by atoms with Crippen LogP contribution in [0.15, 0.2) is 29.4 Å². The molecular weight excluding hydrogens is 376 g/mol. The lowest BCUT2D eigenvalue weighted by Crippen LogP contribution is -2.62. The predicted molar refractivity (Wildman–Crippen MR) is 95.9 cm³/mol. The van der Waals surface area contributed by atoms with E-state index in [9.17, 15) is 27.5 Å². The van der Waals surface area contributed by atoms with E-state index >= 15 is 0 Å². The average Bonchev–Trinajstić information content (AvgIpc) is 2.95. The Balaban J connectivity index is 2.00. The van der Waals surface area contributed by atoms with Crippen molar-refractivity contribution in [3.63, 3.8) is 0 Å². The Kier molecular flexibility index (Phi) is 5.06. The molecule has 0 spiro atoms. The first-order valence-electron chi connectivity index (χ1n) is 9.38. The third-order valence-corrected chi connectivity index (χ3v) is 6.43. The summed E-state index contributed by atoms with van der Waals surface area (Å²) < 4.78 is 55.2. The fourth-order valence-electron chi connectivity index (χ4n) is 4.13. The summed E-state index contributed by atoms with van der Waals surface area (Å²) >= 11 is 0. The summed E-state index contributed by atoms with van der Waals surface area (Å²) in [5.74, 6) is -3.06. The summed E-state index contributed by atoms with van der Waals surface area (Å²) in [4.78, 5) is 12.7. The number of hydrazone groups is 1. The normalized spacial score (nSPS) is 28.1. The van der Waals surface area contributed by atoms with Crippen LogP contribution in [0.1, 0.15) is 56.8 Å². The van der Waals surface area contributed by atoms with E-state index in [0.29, 0.717) is 12.8 Å². The predicted octanol–water partition coefficient (Wildman–Crippen LogP) is 4.74. The molecule has 8 heteroatoms. The number of benzene rings is 1. The first-order valence-corrected chi connectivity index (χ1v) is 9.38. The summed E-state index contributed by atoms with van der Waals surface area (Å²) in [5.41, 5.74) is -3.57. The van der Waals surface area contributed by atoms with Gasteiger partial charge in [-0.25, -0.2) is 4.39 Å². The molecule has 154 valence electrons. The molecule has 1 aromatic carbocycles. The third-order valence-electron chi connectivity index (χ3n) is 6.43. The van der Waals surface area contributed by atoms with Gasteiger partial charge < -0.3 is 5.11 Å². The number of halogens is 4. The van der Waals surface area contributed by atoms with Gasteiger partial charge in [-0.15, -0.1) is 0 Å². The van der Waals surface area contributed by atoms with Crippen LogP contribution in [-0.4, -0.2) is 33.6 Å². The van der Waals surface area contributed by atoms with Crippen LogP contribution in [-0.2, 0) is 0 Å². The highest BCUT2D eigenvalue weighted by molar-refractivity contribution is 5.99. The molecule has 1 aliphatic carbocycles. The maximum atomic E-state index is 14.0. The summed E-state index contributed by atoms with van der Waals surface area (Å²) in [6.07, 6.45) is -3.24. The van der Waals surface area contributed by atoms with E-state index in [4.69, 9.17) is 0 Å². The van der Waals surface area contributed by atoms with Crippen molar-refractivity contribution in [1.82, 2.24) is 5.01 Å². The fourth-order valence-corrected chi connectivity index (χ4v) is 4.13. The topological polar surface area (TPSA) is 52.9 Å². The van der Waals surface area contributed by atoms with Gasteiger partial charge in [-0.05, 0) is 54.9 Å². The first kappa shape index (κ1) is 20.8. The van der Waals surface area contributed by atoms with Crippen molar-refractivity contribution in [3.8, 4) is 0 Å². The minimum atomic E-state index is -5.09. The Morgan fingerprint density at radius 3 is 2.43 bits per heavy atom. The van der Waals surface area contributed by atoms with Gasteiger partial charge in [-0.3, -0.25) is 4.79 Å². The second-order valence-electron chi connectivity index (χ2n) is 8.31. The molecule has 0 radical (unpaired) electrons. The summed E-state index contributed by atoms with van der Waals surface area (Å²) in [6, 6.07) is 4.13. The molecule has 0 unspecified atom stereocenters. The molecule has 1 amide bonds.